The van der Waals surface area contributed by atoms with Crippen LogP contribution in [0.25, 0.3) is 0 Å². The van der Waals surface area contributed by atoms with Crippen molar-refractivity contribution >= 4 is 5.96 Å². The van der Waals surface area contributed by atoms with E-state index in [-0.39, 0.29) is 0 Å². The van der Waals surface area contributed by atoms with Crippen LogP contribution in [-0.4, -0.2) is 41.3 Å². The van der Waals surface area contributed by atoms with E-state index in [0.717, 1.165) is 36.2 Å². The van der Waals surface area contributed by atoms with Crippen LogP contribution in [0.5, 0.6) is 5.75 Å². The molecule has 0 atom stereocenters. The summed E-state index contributed by atoms with van der Waals surface area (Å²) in [5.74, 6) is 1.76. The zero-order valence-electron chi connectivity index (χ0n) is 16.1. The smallest absolute Gasteiger partial charge is 0.194 e. The lowest BCUT2D eigenvalue weighted by Gasteiger charge is -2.22. The molecule has 1 N–H and O–H groups in total. The molecule has 0 radical (unpaired) electrons. The Morgan fingerprint density at radius 1 is 1.28 bits per heavy atom. The lowest BCUT2D eigenvalue weighted by atomic mass is 10.2. The lowest BCUT2D eigenvalue weighted by molar-refractivity contribution is 0.414. The summed E-state index contributed by atoms with van der Waals surface area (Å²) in [6.07, 6.45) is 0. The van der Waals surface area contributed by atoms with E-state index in [9.17, 15) is 0 Å². The number of methoxy groups -OCH3 is 1. The van der Waals surface area contributed by atoms with Crippen LogP contribution in [0.4, 0.5) is 0 Å². The molecule has 6 heteroatoms. The summed E-state index contributed by atoms with van der Waals surface area (Å²) >= 11 is 0. The van der Waals surface area contributed by atoms with E-state index in [0.29, 0.717) is 6.54 Å². The van der Waals surface area contributed by atoms with E-state index in [4.69, 9.17) is 9.73 Å². The van der Waals surface area contributed by atoms with Gasteiger partial charge in [0.25, 0.3) is 0 Å². The third kappa shape index (κ3) is 4.75. The van der Waals surface area contributed by atoms with Crippen LogP contribution < -0.4 is 10.1 Å². The molecule has 1 heterocycles. The Hall–Kier alpha value is -2.50. The number of hydrogen-bond donors (Lipinski definition) is 1. The summed E-state index contributed by atoms with van der Waals surface area (Å²) in [6.45, 7) is 8.43. The van der Waals surface area contributed by atoms with Gasteiger partial charge < -0.3 is 15.0 Å². The molecule has 0 saturated carbocycles. The highest BCUT2D eigenvalue weighted by Gasteiger charge is 2.11. The standard InChI is InChI=1S/C19H29N5O/c1-7-20-19(21-12-18-14(2)22-24(5)15(18)3)23(4)13-16-8-10-17(25-6)11-9-16/h8-11H,7,12-13H2,1-6H3,(H,20,21). The minimum Gasteiger partial charge on any atom is -0.497 e. The van der Waals surface area contributed by atoms with Gasteiger partial charge in [0.05, 0.1) is 19.3 Å². The average molecular weight is 343 g/mol. The fraction of sp³-hybridized carbons (Fsp3) is 0.474. The first kappa shape index (κ1) is 18.8. The summed E-state index contributed by atoms with van der Waals surface area (Å²) < 4.78 is 7.13. The summed E-state index contributed by atoms with van der Waals surface area (Å²) in [7, 11) is 5.70. The molecule has 0 spiro atoms. The highest BCUT2D eigenvalue weighted by atomic mass is 16.5. The number of hydrogen-bond acceptors (Lipinski definition) is 3. The van der Waals surface area contributed by atoms with Gasteiger partial charge in [-0.25, -0.2) is 4.99 Å². The van der Waals surface area contributed by atoms with Crippen molar-refractivity contribution in [1.29, 1.82) is 0 Å². The maximum absolute atomic E-state index is 5.21. The Kier molecular flexibility index (Phi) is 6.44. The fourth-order valence-corrected chi connectivity index (χ4v) is 2.75. The quantitative estimate of drug-likeness (QED) is 0.647. The van der Waals surface area contributed by atoms with Gasteiger partial charge in [0.15, 0.2) is 5.96 Å². The van der Waals surface area contributed by atoms with E-state index in [2.05, 4.69) is 48.3 Å². The van der Waals surface area contributed by atoms with Crippen molar-refractivity contribution in [1.82, 2.24) is 20.0 Å². The van der Waals surface area contributed by atoms with E-state index < -0.39 is 0 Å². The van der Waals surface area contributed by atoms with Gasteiger partial charge in [0, 0.05) is 38.4 Å². The molecule has 1 aromatic heterocycles. The second-order valence-corrected chi connectivity index (χ2v) is 6.15. The number of rotatable bonds is 6. The van der Waals surface area contributed by atoms with Crippen molar-refractivity contribution in [3.63, 3.8) is 0 Å². The number of nitrogens with one attached hydrogen (secondary N) is 1. The minimum atomic E-state index is 0.626. The minimum absolute atomic E-state index is 0.626. The summed E-state index contributed by atoms with van der Waals surface area (Å²) in [5, 5.41) is 7.83. The van der Waals surface area contributed by atoms with Gasteiger partial charge in [0.1, 0.15) is 5.75 Å². The summed E-state index contributed by atoms with van der Waals surface area (Å²) in [4.78, 5) is 6.93. The maximum atomic E-state index is 5.21. The molecule has 0 bridgehead atoms. The fourth-order valence-electron chi connectivity index (χ4n) is 2.75. The highest BCUT2D eigenvalue weighted by Crippen LogP contribution is 2.14. The predicted octanol–water partition coefficient (Wildman–Crippen LogP) is 2.64. The number of aromatic nitrogens is 2. The maximum Gasteiger partial charge on any atom is 0.194 e. The Morgan fingerprint density at radius 2 is 1.96 bits per heavy atom. The van der Waals surface area contributed by atoms with Crippen molar-refractivity contribution in [3.05, 3.63) is 46.8 Å². The normalized spacial score (nSPS) is 11.5. The van der Waals surface area contributed by atoms with Crippen LogP contribution in [0.15, 0.2) is 29.3 Å². The number of aryl methyl sites for hydroxylation is 2. The van der Waals surface area contributed by atoms with Crippen LogP contribution in [-0.2, 0) is 20.1 Å². The Balaban J connectivity index is 2.11. The molecule has 0 unspecified atom stereocenters. The van der Waals surface area contributed by atoms with Gasteiger partial charge >= 0.3 is 0 Å². The third-order valence-corrected chi connectivity index (χ3v) is 4.32. The number of ether oxygens (including phenoxy) is 1. The molecule has 0 aliphatic heterocycles. The van der Waals surface area contributed by atoms with Crippen LogP contribution in [0.2, 0.25) is 0 Å². The molecular weight excluding hydrogens is 314 g/mol. The van der Waals surface area contributed by atoms with Crippen LogP contribution in [0, 0.1) is 13.8 Å². The van der Waals surface area contributed by atoms with E-state index in [1.54, 1.807) is 7.11 Å². The number of guanidine groups is 1. The van der Waals surface area contributed by atoms with Crippen molar-refractivity contribution in [2.75, 3.05) is 20.7 Å². The molecule has 1 aromatic carbocycles. The average Bonchev–Trinajstić information content (AvgIpc) is 2.84. The van der Waals surface area contributed by atoms with E-state index in [1.807, 2.05) is 30.8 Å². The highest BCUT2D eigenvalue weighted by molar-refractivity contribution is 5.79. The van der Waals surface area contributed by atoms with Gasteiger partial charge in [-0.05, 0) is 38.5 Å². The van der Waals surface area contributed by atoms with Gasteiger partial charge in [-0.2, -0.15) is 5.10 Å². The van der Waals surface area contributed by atoms with Crippen molar-refractivity contribution in [2.45, 2.75) is 33.9 Å². The lowest BCUT2D eigenvalue weighted by Crippen LogP contribution is -2.38. The van der Waals surface area contributed by atoms with E-state index >= 15 is 0 Å². The largest absolute Gasteiger partial charge is 0.497 e. The first-order valence-electron chi connectivity index (χ1n) is 8.57. The van der Waals surface area contributed by atoms with Crippen molar-refractivity contribution in [3.8, 4) is 5.75 Å². The molecule has 6 nitrogen and oxygen atoms in total. The topological polar surface area (TPSA) is 54.7 Å². The molecule has 0 fully saturated rings. The molecule has 136 valence electrons. The van der Waals surface area contributed by atoms with Crippen LogP contribution >= 0.6 is 0 Å². The monoisotopic (exact) mass is 343 g/mol. The molecule has 0 aliphatic rings. The van der Waals surface area contributed by atoms with Crippen molar-refractivity contribution in [2.24, 2.45) is 12.0 Å². The van der Waals surface area contributed by atoms with Gasteiger partial charge in [0.2, 0.25) is 0 Å². The molecule has 0 aliphatic carbocycles. The molecule has 0 saturated heterocycles. The SMILES string of the molecule is CCNC(=NCc1c(C)nn(C)c1C)N(C)Cc1ccc(OC)cc1. The number of benzene rings is 1. The number of aliphatic imine (C=N–C) groups is 1. The van der Waals surface area contributed by atoms with Crippen molar-refractivity contribution < 1.29 is 4.74 Å². The second-order valence-electron chi connectivity index (χ2n) is 6.15. The van der Waals surface area contributed by atoms with Gasteiger partial charge in [-0.1, -0.05) is 12.1 Å². The molecular formula is C19H29N5O. The van der Waals surface area contributed by atoms with Gasteiger partial charge in [-0.15, -0.1) is 0 Å². The first-order chi connectivity index (χ1) is 12.0. The van der Waals surface area contributed by atoms with Gasteiger partial charge in [-0.3, -0.25) is 4.68 Å². The molecule has 2 rings (SSSR count). The second kappa shape index (κ2) is 8.55. The zero-order chi connectivity index (χ0) is 18.4. The zero-order valence-corrected chi connectivity index (χ0v) is 16.1. The molecule has 0 amide bonds. The molecule has 2 aromatic rings. The Labute approximate surface area is 150 Å². The summed E-state index contributed by atoms with van der Waals surface area (Å²) in [6, 6.07) is 8.12. The third-order valence-electron chi connectivity index (χ3n) is 4.32. The Bertz CT molecular complexity index is 718. The Morgan fingerprint density at radius 3 is 2.48 bits per heavy atom. The molecule has 25 heavy (non-hydrogen) atoms. The number of nitrogens with zero attached hydrogens (tertiary/aromatic N) is 4. The van der Waals surface area contributed by atoms with Crippen LogP contribution in [0.3, 0.4) is 0 Å². The van der Waals surface area contributed by atoms with Crippen LogP contribution in [0.1, 0.15) is 29.4 Å². The first-order valence-corrected chi connectivity index (χ1v) is 8.57. The van der Waals surface area contributed by atoms with E-state index in [1.165, 1.54) is 11.1 Å². The summed E-state index contributed by atoms with van der Waals surface area (Å²) in [5.41, 5.74) is 4.60. The predicted molar refractivity (Wildman–Crippen MR) is 102 cm³/mol.